The van der Waals surface area contributed by atoms with Gasteiger partial charge in [-0.1, -0.05) is 67.9 Å². The van der Waals surface area contributed by atoms with Gasteiger partial charge in [-0.05, 0) is 63.5 Å². The second kappa shape index (κ2) is 14.4. The molecule has 0 radical (unpaired) electrons. The average molecular weight is 343 g/mol. The van der Waals surface area contributed by atoms with Crippen molar-refractivity contribution in [2.45, 2.75) is 71.1 Å². The van der Waals surface area contributed by atoms with Crippen molar-refractivity contribution in [2.75, 3.05) is 0 Å². The van der Waals surface area contributed by atoms with Crippen LogP contribution in [0.4, 0.5) is 0 Å². The van der Waals surface area contributed by atoms with Crippen LogP contribution >= 0.6 is 0 Å². The molecule has 0 atom stereocenters. The molecule has 0 bridgehead atoms. The summed E-state index contributed by atoms with van der Waals surface area (Å²) < 4.78 is 0. The molecule has 0 aliphatic rings. The van der Waals surface area contributed by atoms with Crippen molar-refractivity contribution >= 4 is 0 Å². The first kappa shape index (κ1) is 21.1. The van der Waals surface area contributed by atoms with E-state index in [-0.39, 0.29) is 11.5 Å². The summed E-state index contributed by atoms with van der Waals surface area (Å²) in [4.78, 5) is 0. The van der Waals surface area contributed by atoms with Gasteiger partial charge in [0.15, 0.2) is 11.5 Å². The number of unbranched alkanes of at least 4 members (excludes halogenated alkanes) is 7. The molecule has 0 amide bonds. The Morgan fingerprint density at radius 2 is 1.44 bits per heavy atom. The van der Waals surface area contributed by atoms with E-state index in [1.165, 1.54) is 51.0 Å². The van der Waals surface area contributed by atoms with Gasteiger partial charge in [0.2, 0.25) is 0 Å². The molecule has 0 fully saturated rings. The third-order valence-corrected chi connectivity index (χ3v) is 4.26. The van der Waals surface area contributed by atoms with Gasteiger partial charge in [-0.15, -0.1) is 0 Å². The minimum atomic E-state index is -0.0156. The van der Waals surface area contributed by atoms with E-state index in [0.717, 1.165) is 24.8 Å². The number of aromatic hydroxyl groups is 2. The molecular weight excluding hydrogens is 308 g/mol. The molecule has 2 N–H and O–H groups in total. The number of aryl methyl sites for hydroxylation is 1. The molecule has 0 heterocycles. The molecule has 1 aromatic rings. The Balaban J connectivity index is 1.93. The maximum Gasteiger partial charge on any atom is 0.160 e. The van der Waals surface area contributed by atoms with Gasteiger partial charge < -0.3 is 10.2 Å². The van der Waals surface area contributed by atoms with Crippen molar-refractivity contribution in [3.8, 4) is 11.5 Å². The maximum atomic E-state index is 9.75. The molecule has 138 valence electrons. The highest BCUT2D eigenvalue weighted by Crippen LogP contribution is 2.29. The highest BCUT2D eigenvalue weighted by molar-refractivity contribution is 5.44. The van der Waals surface area contributed by atoms with Crippen LogP contribution in [0.15, 0.2) is 54.7 Å². The number of phenolic OH excluding ortho intramolecular Hbond substituents is 2. The average Bonchev–Trinajstić information content (AvgIpc) is 2.61. The fourth-order valence-corrected chi connectivity index (χ4v) is 2.76. The van der Waals surface area contributed by atoms with E-state index in [9.17, 15) is 10.2 Å². The van der Waals surface area contributed by atoms with Gasteiger partial charge in [0.25, 0.3) is 0 Å². The van der Waals surface area contributed by atoms with Gasteiger partial charge in [-0.3, -0.25) is 0 Å². The predicted molar refractivity (Wildman–Crippen MR) is 108 cm³/mol. The Kier molecular flexibility index (Phi) is 12.1. The van der Waals surface area contributed by atoms with Gasteiger partial charge in [0, 0.05) is 0 Å². The predicted octanol–water partition coefficient (Wildman–Crippen LogP) is 6.84. The van der Waals surface area contributed by atoms with Gasteiger partial charge >= 0.3 is 0 Å². The van der Waals surface area contributed by atoms with Gasteiger partial charge in [-0.25, -0.2) is 0 Å². The zero-order chi connectivity index (χ0) is 18.2. The van der Waals surface area contributed by atoms with Crippen LogP contribution in [0.3, 0.4) is 0 Å². The fraction of sp³-hybridized carbons (Fsp3) is 0.478. The SMILES string of the molecule is C/C=C\C=C\CCC/C=C\CCCCCCCc1cccc(O)c1O. The second-order valence-electron chi connectivity index (χ2n) is 6.45. The van der Waals surface area contributed by atoms with Crippen molar-refractivity contribution < 1.29 is 10.2 Å². The number of rotatable bonds is 13. The van der Waals surface area contributed by atoms with Gasteiger partial charge in [-0.2, -0.15) is 0 Å². The summed E-state index contributed by atoms with van der Waals surface area (Å²) in [5, 5.41) is 19.2. The zero-order valence-corrected chi connectivity index (χ0v) is 15.7. The first-order chi connectivity index (χ1) is 12.3. The molecule has 0 aliphatic heterocycles. The summed E-state index contributed by atoms with van der Waals surface area (Å²) in [6, 6.07) is 5.19. The van der Waals surface area contributed by atoms with Crippen molar-refractivity contribution in [3.63, 3.8) is 0 Å². The Morgan fingerprint density at radius 3 is 2.24 bits per heavy atom. The quantitative estimate of drug-likeness (QED) is 0.178. The number of benzene rings is 1. The normalized spacial score (nSPS) is 12.0. The van der Waals surface area contributed by atoms with Crippen molar-refractivity contribution in [1.29, 1.82) is 0 Å². The molecule has 0 aromatic heterocycles. The van der Waals surface area contributed by atoms with Crippen molar-refractivity contribution in [2.24, 2.45) is 0 Å². The molecule has 2 nitrogen and oxygen atoms in total. The molecule has 0 saturated heterocycles. The van der Waals surface area contributed by atoms with Crippen LogP contribution < -0.4 is 0 Å². The van der Waals surface area contributed by atoms with Crippen LogP contribution in [0.2, 0.25) is 0 Å². The lowest BCUT2D eigenvalue weighted by atomic mass is 10.0. The van der Waals surface area contributed by atoms with Gasteiger partial charge in [0.05, 0.1) is 0 Å². The lowest BCUT2D eigenvalue weighted by molar-refractivity contribution is 0.398. The summed E-state index contributed by atoms with van der Waals surface area (Å²) in [7, 11) is 0. The van der Waals surface area contributed by atoms with Crippen molar-refractivity contribution in [1.82, 2.24) is 0 Å². The molecular formula is C23H34O2. The first-order valence-corrected chi connectivity index (χ1v) is 9.68. The largest absolute Gasteiger partial charge is 0.504 e. The molecule has 25 heavy (non-hydrogen) atoms. The Morgan fingerprint density at radius 1 is 0.760 bits per heavy atom. The number of phenols is 2. The van der Waals surface area contributed by atoms with Crippen LogP contribution in [0.1, 0.15) is 70.3 Å². The number of allylic oxidation sites excluding steroid dienone is 6. The highest BCUT2D eigenvalue weighted by Gasteiger charge is 2.04. The molecule has 1 aromatic carbocycles. The van der Waals surface area contributed by atoms with E-state index in [4.69, 9.17) is 0 Å². The zero-order valence-electron chi connectivity index (χ0n) is 15.7. The maximum absolute atomic E-state index is 9.75. The monoisotopic (exact) mass is 342 g/mol. The Bertz CT molecular complexity index is 541. The molecule has 0 saturated carbocycles. The van der Waals surface area contributed by atoms with E-state index in [1.807, 2.05) is 19.1 Å². The van der Waals surface area contributed by atoms with E-state index in [2.05, 4.69) is 30.4 Å². The highest BCUT2D eigenvalue weighted by atomic mass is 16.3. The van der Waals surface area contributed by atoms with E-state index in [1.54, 1.807) is 6.07 Å². The standard InChI is InChI=1S/C23H34O2/c1-2-3-4-5-6-7-8-9-10-11-12-13-14-15-16-18-21-19-17-20-22(24)23(21)25/h2-5,9-10,17,19-20,24-25H,6-8,11-16,18H2,1H3/b3-2-,5-4+,10-9-. The van der Waals surface area contributed by atoms with E-state index in [0.29, 0.717) is 0 Å². The summed E-state index contributed by atoms with van der Waals surface area (Å²) in [6.45, 7) is 2.03. The first-order valence-electron chi connectivity index (χ1n) is 9.68. The third kappa shape index (κ3) is 10.5. The minimum absolute atomic E-state index is 0.0156. The Hall–Kier alpha value is -1.96. The second-order valence-corrected chi connectivity index (χ2v) is 6.45. The number of hydrogen-bond donors (Lipinski definition) is 2. The van der Waals surface area contributed by atoms with Crippen LogP contribution in [-0.2, 0) is 6.42 Å². The minimum Gasteiger partial charge on any atom is -0.504 e. The van der Waals surface area contributed by atoms with Crippen LogP contribution in [0.5, 0.6) is 11.5 Å². The topological polar surface area (TPSA) is 40.5 Å². The van der Waals surface area contributed by atoms with Gasteiger partial charge in [0.1, 0.15) is 0 Å². The van der Waals surface area contributed by atoms with Crippen LogP contribution in [0.25, 0.3) is 0 Å². The lowest BCUT2D eigenvalue weighted by Crippen LogP contribution is -1.87. The summed E-state index contributed by atoms with van der Waals surface area (Å²) in [6.07, 6.45) is 24.7. The molecule has 2 heteroatoms. The smallest absolute Gasteiger partial charge is 0.160 e. The van der Waals surface area contributed by atoms with Crippen molar-refractivity contribution in [3.05, 3.63) is 60.2 Å². The lowest BCUT2D eigenvalue weighted by Gasteiger charge is -2.05. The summed E-state index contributed by atoms with van der Waals surface area (Å²) in [5.74, 6) is 0.0306. The third-order valence-electron chi connectivity index (χ3n) is 4.26. The van der Waals surface area contributed by atoms with Crippen LogP contribution in [0, 0.1) is 0 Å². The van der Waals surface area contributed by atoms with E-state index >= 15 is 0 Å². The van der Waals surface area contributed by atoms with Crippen LogP contribution in [-0.4, -0.2) is 10.2 Å². The molecule has 0 unspecified atom stereocenters. The fourth-order valence-electron chi connectivity index (χ4n) is 2.76. The summed E-state index contributed by atoms with van der Waals surface area (Å²) >= 11 is 0. The van der Waals surface area contributed by atoms with E-state index < -0.39 is 0 Å². The Labute approximate surface area is 153 Å². The molecule has 0 spiro atoms. The molecule has 0 aliphatic carbocycles. The number of hydrogen-bond acceptors (Lipinski definition) is 2. The molecule has 1 rings (SSSR count). The summed E-state index contributed by atoms with van der Waals surface area (Å²) in [5.41, 5.74) is 0.850. The number of para-hydroxylation sites is 1.